The van der Waals surface area contributed by atoms with E-state index in [9.17, 15) is 24.6 Å². The van der Waals surface area contributed by atoms with Gasteiger partial charge < -0.3 is 11.6 Å². The van der Waals surface area contributed by atoms with Gasteiger partial charge in [0.15, 0.2) is 0 Å². The second kappa shape index (κ2) is 6.69. The van der Waals surface area contributed by atoms with Gasteiger partial charge in [-0.1, -0.05) is 0 Å². The number of quaternary nitrogens is 1. The molecular formula is C6H11BiNO8. The molecule has 1 aliphatic heterocycles. The van der Waals surface area contributed by atoms with Crippen molar-refractivity contribution in [3.05, 3.63) is 0 Å². The van der Waals surface area contributed by atoms with Crippen molar-refractivity contribution in [3.63, 3.8) is 0 Å². The molecule has 0 saturated carbocycles. The van der Waals surface area contributed by atoms with E-state index in [1.807, 2.05) is 0 Å². The van der Waals surface area contributed by atoms with Crippen LogP contribution >= 0.6 is 0 Å². The first kappa shape index (κ1) is 17.6. The Hall–Kier alpha value is -0.827. The fourth-order valence-electron chi connectivity index (χ4n) is 0.896. The van der Waals surface area contributed by atoms with Crippen molar-refractivity contribution >= 4 is 42.0 Å². The molecule has 1 atom stereocenters. The van der Waals surface area contributed by atoms with Gasteiger partial charge in [-0.25, -0.2) is 0 Å². The summed E-state index contributed by atoms with van der Waals surface area (Å²) in [6.45, 7) is 0. The summed E-state index contributed by atoms with van der Waals surface area (Å²) in [4.78, 5) is 32.1. The van der Waals surface area contributed by atoms with E-state index >= 15 is 0 Å². The SMILES string of the molecule is O.O=C([O-])CC1(O)CC(=O)[O][Bi][O]C1=O.[NH4+]. The van der Waals surface area contributed by atoms with Gasteiger partial charge in [0.05, 0.1) is 0 Å². The average Bonchev–Trinajstić information content (AvgIpc) is 2.11. The first-order chi connectivity index (χ1) is 6.44. The minimum absolute atomic E-state index is 0. The maximum absolute atomic E-state index is 11.1. The molecule has 0 spiro atoms. The Balaban J connectivity index is 0. The molecule has 1 saturated heterocycles. The van der Waals surface area contributed by atoms with Gasteiger partial charge in [-0.2, -0.15) is 0 Å². The zero-order chi connectivity index (χ0) is 10.8. The summed E-state index contributed by atoms with van der Waals surface area (Å²) in [6.07, 6.45) is -1.68. The molecule has 1 rings (SSSR count). The predicted molar refractivity (Wildman–Crippen MR) is 46.7 cm³/mol. The second-order valence-corrected chi connectivity index (χ2v) is 4.67. The maximum Gasteiger partial charge on any atom is -0.369 e. The quantitative estimate of drug-likeness (QED) is 0.422. The standard InChI is InChI=1S/C6H8O7.Bi.H3N.H2O/c7-3(8)1-6(13,5(11)12)2-4(9)10;;;/h13H,1-2H2,(H,7,8)(H,9,10)(H,11,12);;1H3;1H2/q;+2;;/p-2. The number of aliphatic carboxylic acids is 1. The third-order valence-electron chi connectivity index (χ3n) is 1.51. The van der Waals surface area contributed by atoms with E-state index in [1.165, 1.54) is 0 Å². The number of carbonyl (C=O) groups is 3. The van der Waals surface area contributed by atoms with Crippen LogP contribution in [0.2, 0.25) is 0 Å². The number of carbonyl (C=O) groups excluding carboxylic acids is 3. The van der Waals surface area contributed by atoms with Crippen molar-refractivity contribution in [3.8, 4) is 0 Å². The third-order valence-corrected chi connectivity index (χ3v) is 3.53. The molecular weight excluding hydrogens is 423 g/mol. The largest absolute Gasteiger partial charge is 0.369 e. The molecule has 0 aromatic heterocycles. The van der Waals surface area contributed by atoms with Gasteiger partial charge in [0.25, 0.3) is 0 Å². The summed E-state index contributed by atoms with van der Waals surface area (Å²) in [5.41, 5.74) is -2.34. The Labute approximate surface area is 102 Å². The molecule has 10 heteroatoms. The summed E-state index contributed by atoms with van der Waals surface area (Å²) in [5, 5.41) is 19.7. The molecule has 1 unspecified atom stereocenters. The first-order valence-electron chi connectivity index (χ1n) is 3.48. The van der Waals surface area contributed by atoms with Crippen LogP contribution in [0.4, 0.5) is 0 Å². The fraction of sp³-hybridized carbons (Fsp3) is 0.500. The molecule has 0 bridgehead atoms. The van der Waals surface area contributed by atoms with Gasteiger partial charge in [-0.15, -0.1) is 0 Å². The van der Waals surface area contributed by atoms with Gasteiger partial charge in [-0.3, -0.25) is 0 Å². The Morgan fingerprint density at radius 1 is 1.50 bits per heavy atom. The molecule has 0 aromatic rings. The Morgan fingerprint density at radius 2 is 2.06 bits per heavy atom. The summed E-state index contributed by atoms with van der Waals surface area (Å²) in [5.74, 6) is -3.58. The normalized spacial score (nSPS) is 24.1. The summed E-state index contributed by atoms with van der Waals surface area (Å²) < 4.78 is 8.92. The zero-order valence-electron chi connectivity index (χ0n) is 8.26. The van der Waals surface area contributed by atoms with E-state index < -0.39 is 60.5 Å². The van der Waals surface area contributed by atoms with E-state index in [-0.39, 0.29) is 11.6 Å². The molecule has 0 aromatic carbocycles. The maximum atomic E-state index is 11.1. The van der Waals surface area contributed by atoms with Gasteiger partial charge in [-0.05, 0) is 0 Å². The topological polar surface area (TPSA) is 181 Å². The van der Waals surface area contributed by atoms with E-state index in [4.69, 9.17) is 0 Å². The number of carboxylic acid groups (broad SMARTS) is 1. The van der Waals surface area contributed by atoms with Crippen molar-refractivity contribution < 1.29 is 35.7 Å². The third kappa shape index (κ3) is 4.35. The number of hydrogen-bond acceptors (Lipinski definition) is 7. The van der Waals surface area contributed by atoms with E-state index in [0.717, 1.165) is 0 Å². The van der Waals surface area contributed by atoms with Gasteiger partial charge in [0, 0.05) is 0 Å². The van der Waals surface area contributed by atoms with Crippen molar-refractivity contribution in [2.45, 2.75) is 18.4 Å². The Morgan fingerprint density at radius 3 is 2.56 bits per heavy atom. The molecule has 9 nitrogen and oxygen atoms in total. The average molecular weight is 434 g/mol. The van der Waals surface area contributed by atoms with Crippen molar-refractivity contribution in [1.29, 1.82) is 0 Å². The predicted octanol–water partition coefficient (Wildman–Crippen LogP) is -3.57. The second-order valence-electron chi connectivity index (χ2n) is 2.67. The van der Waals surface area contributed by atoms with Gasteiger partial charge >= 0.3 is 90.7 Å². The minimum atomic E-state index is -2.34. The molecule has 7 N–H and O–H groups in total. The number of carboxylic acids is 1. The monoisotopic (exact) mass is 434 g/mol. The van der Waals surface area contributed by atoms with Crippen molar-refractivity contribution in [1.82, 2.24) is 6.15 Å². The van der Waals surface area contributed by atoms with Crippen LogP contribution in [0.5, 0.6) is 0 Å². The number of aliphatic hydroxyl groups is 1. The van der Waals surface area contributed by atoms with E-state index in [2.05, 4.69) is 5.63 Å². The molecule has 1 heterocycles. The molecule has 16 heavy (non-hydrogen) atoms. The number of hydrogen-bond donors (Lipinski definition) is 2. The van der Waals surface area contributed by atoms with Crippen LogP contribution in [0.15, 0.2) is 0 Å². The molecule has 1 aliphatic rings. The van der Waals surface area contributed by atoms with Crippen LogP contribution in [-0.2, 0) is 20.0 Å². The van der Waals surface area contributed by atoms with E-state index in [0.29, 0.717) is 0 Å². The van der Waals surface area contributed by atoms with E-state index in [1.54, 1.807) is 0 Å². The van der Waals surface area contributed by atoms with Crippen molar-refractivity contribution in [2.75, 3.05) is 0 Å². The number of rotatable bonds is 2. The molecule has 0 aliphatic carbocycles. The van der Waals surface area contributed by atoms with Gasteiger partial charge in [0.2, 0.25) is 0 Å². The molecule has 0 amide bonds. The van der Waals surface area contributed by atoms with Crippen LogP contribution in [0, 0.1) is 0 Å². The Kier molecular flexibility index (Phi) is 7.34. The van der Waals surface area contributed by atoms with Crippen LogP contribution in [0.25, 0.3) is 0 Å². The molecule has 1 fully saturated rings. The smallest absolute Gasteiger partial charge is 0.369 e. The summed E-state index contributed by atoms with van der Waals surface area (Å²) >= 11 is -2.15. The molecule has 1 radical (unpaired) electrons. The van der Waals surface area contributed by atoms with Crippen LogP contribution in [0.1, 0.15) is 12.8 Å². The summed E-state index contributed by atoms with van der Waals surface area (Å²) in [6, 6.07) is 0. The van der Waals surface area contributed by atoms with Crippen LogP contribution < -0.4 is 11.3 Å². The zero-order valence-corrected chi connectivity index (χ0v) is 11.7. The van der Waals surface area contributed by atoms with Crippen LogP contribution in [-0.4, -0.2) is 58.2 Å². The van der Waals surface area contributed by atoms with Crippen LogP contribution in [0.3, 0.4) is 0 Å². The fourth-order valence-corrected chi connectivity index (χ4v) is 2.54. The minimum Gasteiger partial charge on any atom is -0.369 e. The van der Waals surface area contributed by atoms with Gasteiger partial charge in [0.1, 0.15) is 0 Å². The summed E-state index contributed by atoms with van der Waals surface area (Å²) in [7, 11) is 0. The first-order valence-corrected chi connectivity index (χ1v) is 6.32. The van der Waals surface area contributed by atoms with Crippen molar-refractivity contribution in [2.24, 2.45) is 0 Å². The Bertz CT molecular complexity index is 294. The molecule has 93 valence electrons.